The van der Waals surface area contributed by atoms with E-state index in [0.717, 1.165) is 25.1 Å². The maximum absolute atomic E-state index is 12.3. The molecule has 0 bridgehead atoms. The molecule has 0 radical (unpaired) electrons. The normalized spacial score (nSPS) is 24.1. The molecule has 18 heavy (non-hydrogen) atoms. The molecule has 1 aromatic rings. The Morgan fingerprint density at radius 2 is 2.06 bits per heavy atom. The number of benzene rings is 1. The average Bonchev–Trinajstić information content (AvgIpc) is 2.41. The van der Waals surface area contributed by atoms with Crippen molar-refractivity contribution >= 4 is 29.3 Å². The lowest BCUT2D eigenvalue weighted by atomic mass is 9.99. The van der Waals surface area contributed by atoms with Crippen molar-refractivity contribution < 1.29 is 4.79 Å². The van der Waals surface area contributed by atoms with Gasteiger partial charge in [-0.05, 0) is 42.9 Å². The van der Waals surface area contributed by atoms with E-state index in [4.69, 9.17) is 11.6 Å². The van der Waals surface area contributed by atoms with E-state index in [0.29, 0.717) is 5.92 Å². The van der Waals surface area contributed by atoms with Gasteiger partial charge in [-0.1, -0.05) is 6.92 Å². The Bertz CT molecular complexity index is 420. The van der Waals surface area contributed by atoms with Crippen molar-refractivity contribution in [3.8, 4) is 0 Å². The van der Waals surface area contributed by atoms with Gasteiger partial charge < -0.3 is 4.90 Å². The first-order chi connectivity index (χ1) is 8.61. The second-order valence-electron chi connectivity index (χ2n) is 4.76. The number of thioether (sulfide) groups is 1. The van der Waals surface area contributed by atoms with Crippen molar-refractivity contribution in [3.63, 3.8) is 0 Å². The van der Waals surface area contributed by atoms with Crippen molar-refractivity contribution in [2.45, 2.75) is 23.6 Å². The van der Waals surface area contributed by atoms with Gasteiger partial charge in [-0.25, -0.2) is 0 Å². The third-order valence-electron chi connectivity index (χ3n) is 3.42. The number of piperidine rings is 1. The van der Waals surface area contributed by atoms with E-state index in [9.17, 15) is 4.79 Å². The Balaban J connectivity index is 2.06. The number of nitrogens with zero attached hydrogens (tertiary/aromatic N) is 1. The summed E-state index contributed by atoms with van der Waals surface area (Å²) < 4.78 is 0. The predicted octanol–water partition coefficient (Wildman–Crippen LogP) is 3.50. The zero-order chi connectivity index (χ0) is 13.1. The van der Waals surface area contributed by atoms with Crippen LogP contribution in [0.3, 0.4) is 0 Å². The fraction of sp³-hybridized carbons (Fsp3) is 0.500. The fourth-order valence-corrected chi connectivity index (χ4v) is 2.80. The standard InChI is InChI=1S/C14H18ClNOS/c1-10-9-16(8-7-13(10)15)14(17)11-3-5-12(18-2)6-4-11/h3-6,10,13H,7-9H2,1-2H3. The number of alkyl halides is 1. The summed E-state index contributed by atoms with van der Waals surface area (Å²) >= 11 is 7.87. The van der Waals surface area contributed by atoms with Gasteiger partial charge in [0.15, 0.2) is 0 Å². The van der Waals surface area contributed by atoms with Gasteiger partial charge in [-0.2, -0.15) is 0 Å². The van der Waals surface area contributed by atoms with E-state index < -0.39 is 0 Å². The average molecular weight is 284 g/mol. The van der Waals surface area contributed by atoms with Crippen LogP contribution in [0, 0.1) is 5.92 Å². The molecule has 1 aliphatic heterocycles. The largest absolute Gasteiger partial charge is 0.338 e. The van der Waals surface area contributed by atoms with Gasteiger partial charge >= 0.3 is 0 Å². The van der Waals surface area contributed by atoms with Crippen LogP contribution in [0.4, 0.5) is 0 Å². The van der Waals surface area contributed by atoms with E-state index in [1.807, 2.05) is 35.4 Å². The Morgan fingerprint density at radius 1 is 1.39 bits per heavy atom. The molecule has 1 aromatic carbocycles. The van der Waals surface area contributed by atoms with Crippen LogP contribution in [-0.2, 0) is 0 Å². The summed E-state index contributed by atoms with van der Waals surface area (Å²) in [7, 11) is 0. The van der Waals surface area contributed by atoms with E-state index >= 15 is 0 Å². The molecule has 4 heteroatoms. The molecular weight excluding hydrogens is 266 g/mol. The SMILES string of the molecule is CSc1ccc(C(=O)N2CCC(Cl)C(C)C2)cc1. The van der Waals surface area contributed by atoms with E-state index in [1.165, 1.54) is 4.90 Å². The lowest BCUT2D eigenvalue weighted by Crippen LogP contribution is -2.43. The molecule has 1 saturated heterocycles. The Kier molecular flexibility index (Phi) is 4.57. The third-order valence-corrected chi connectivity index (χ3v) is 4.82. The molecule has 2 nitrogen and oxygen atoms in total. The molecule has 2 atom stereocenters. The first-order valence-corrected chi connectivity index (χ1v) is 7.85. The van der Waals surface area contributed by atoms with Gasteiger partial charge in [-0.3, -0.25) is 4.79 Å². The first kappa shape index (κ1) is 13.8. The minimum Gasteiger partial charge on any atom is -0.338 e. The number of carbonyl (C=O) groups is 1. The first-order valence-electron chi connectivity index (χ1n) is 6.19. The summed E-state index contributed by atoms with van der Waals surface area (Å²) in [6, 6.07) is 7.81. The summed E-state index contributed by atoms with van der Waals surface area (Å²) in [5.41, 5.74) is 0.771. The summed E-state index contributed by atoms with van der Waals surface area (Å²) in [4.78, 5) is 15.4. The number of likely N-dealkylation sites (tertiary alicyclic amines) is 1. The number of hydrogen-bond donors (Lipinski definition) is 0. The summed E-state index contributed by atoms with van der Waals surface area (Å²) in [6.45, 7) is 3.63. The Hall–Kier alpha value is -0.670. The molecule has 1 heterocycles. The smallest absolute Gasteiger partial charge is 0.253 e. The number of halogens is 1. The summed E-state index contributed by atoms with van der Waals surface area (Å²) in [5, 5.41) is 0.202. The number of carbonyl (C=O) groups excluding carboxylic acids is 1. The monoisotopic (exact) mass is 283 g/mol. The minimum absolute atomic E-state index is 0.123. The minimum atomic E-state index is 0.123. The molecule has 1 aliphatic rings. The van der Waals surface area contributed by atoms with Gasteiger partial charge in [0.1, 0.15) is 0 Å². The molecule has 0 aliphatic carbocycles. The Labute approximate surface area is 118 Å². The molecular formula is C14H18ClNOS. The second kappa shape index (κ2) is 5.98. The van der Waals surface area contributed by atoms with Crippen LogP contribution in [0.2, 0.25) is 0 Å². The fourth-order valence-electron chi connectivity index (χ4n) is 2.22. The zero-order valence-corrected chi connectivity index (χ0v) is 12.3. The lowest BCUT2D eigenvalue weighted by Gasteiger charge is -2.34. The van der Waals surface area contributed by atoms with Gasteiger partial charge in [-0.15, -0.1) is 23.4 Å². The van der Waals surface area contributed by atoms with Gasteiger partial charge in [0.05, 0.1) is 0 Å². The highest BCUT2D eigenvalue weighted by molar-refractivity contribution is 7.98. The maximum Gasteiger partial charge on any atom is 0.253 e. The molecule has 2 unspecified atom stereocenters. The van der Waals surface area contributed by atoms with Crippen LogP contribution in [0.15, 0.2) is 29.2 Å². The number of hydrogen-bond acceptors (Lipinski definition) is 2. The van der Waals surface area contributed by atoms with E-state index in [1.54, 1.807) is 11.8 Å². The Morgan fingerprint density at radius 3 is 2.61 bits per heavy atom. The maximum atomic E-state index is 12.3. The van der Waals surface area contributed by atoms with Crippen LogP contribution >= 0.6 is 23.4 Å². The van der Waals surface area contributed by atoms with Crippen molar-refractivity contribution in [1.29, 1.82) is 0 Å². The van der Waals surface area contributed by atoms with Crippen LogP contribution in [0.1, 0.15) is 23.7 Å². The van der Waals surface area contributed by atoms with Crippen LogP contribution in [0.25, 0.3) is 0 Å². The molecule has 0 aromatic heterocycles. The van der Waals surface area contributed by atoms with Crippen LogP contribution in [-0.4, -0.2) is 35.5 Å². The third kappa shape index (κ3) is 3.01. The topological polar surface area (TPSA) is 20.3 Å². The molecule has 0 N–H and O–H groups in total. The second-order valence-corrected chi connectivity index (χ2v) is 6.20. The lowest BCUT2D eigenvalue weighted by molar-refractivity contribution is 0.0687. The number of rotatable bonds is 2. The quantitative estimate of drug-likeness (QED) is 0.612. The van der Waals surface area contributed by atoms with Crippen LogP contribution < -0.4 is 0 Å². The molecule has 1 fully saturated rings. The summed E-state index contributed by atoms with van der Waals surface area (Å²) in [5.74, 6) is 0.493. The molecule has 98 valence electrons. The van der Waals surface area contributed by atoms with Gasteiger partial charge in [0.25, 0.3) is 5.91 Å². The summed E-state index contributed by atoms with van der Waals surface area (Å²) in [6.07, 6.45) is 2.92. The highest BCUT2D eigenvalue weighted by Gasteiger charge is 2.27. The number of amides is 1. The van der Waals surface area contributed by atoms with Crippen molar-refractivity contribution in [1.82, 2.24) is 4.90 Å². The van der Waals surface area contributed by atoms with Crippen LogP contribution in [0.5, 0.6) is 0 Å². The predicted molar refractivity (Wildman–Crippen MR) is 77.5 cm³/mol. The van der Waals surface area contributed by atoms with Crippen molar-refractivity contribution in [3.05, 3.63) is 29.8 Å². The van der Waals surface area contributed by atoms with Crippen molar-refractivity contribution in [2.75, 3.05) is 19.3 Å². The van der Waals surface area contributed by atoms with Crippen molar-refractivity contribution in [2.24, 2.45) is 5.92 Å². The molecule has 2 rings (SSSR count). The zero-order valence-electron chi connectivity index (χ0n) is 10.7. The molecule has 0 saturated carbocycles. The van der Waals surface area contributed by atoms with E-state index in [-0.39, 0.29) is 11.3 Å². The highest BCUT2D eigenvalue weighted by Crippen LogP contribution is 2.23. The highest BCUT2D eigenvalue weighted by atomic mass is 35.5. The molecule has 1 amide bonds. The van der Waals surface area contributed by atoms with Gasteiger partial charge in [0, 0.05) is 28.9 Å². The van der Waals surface area contributed by atoms with Gasteiger partial charge in [0.2, 0.25) is 0 Å². The molecule has 0 spiro atoms. The van der Waals surface area contributed by atoms with E-state index in [2.05, 4.69) is 6.92 Å².